The summed E-state index contributed by atoms with van der Waals surface area (Å²) < 4.78 is 22.9. The number of likely N-dealkylation sites (N-methyl/N-ethyl adjacent to an activating group) is 1. The number of thioether (sulfide) groups is 1. The van der Waals surface area contributed by atoms with Crippen LogP contribution >= 0.6 is 11.8 Å². The Hall–Kier alpha value is -3.04. The van der Waals surface area contributed by atoms with Crippen molar-refractivity contribution >= 4 is 34.3 Å². The predicted molar refractivity (Wildman–Crippen MR) is 122 cm³/mol. The zero-order chi connectivity index (χ0) is 22.6. The number of carboxylic acids is 1. The second-order valence-electron chi connectivity index (χ2n) is 7.99. The third-order valence-electron chi connectivity index (χ3n) is 6.11. The molecule has 1 unspecified atom stereocenters. The van der Waals surface area contributed by atoms with E-state index < -0.39 is 17.2 Å². The van der Waals surface area contributed by atoms with Crippen LogP contribution in [0.3, 0.4) is 0 Å². The molecule has 3 aromatic rings. The summed E-state index contributed by atoms with van der Waals surface area (Å²) in [6.07, 6.45) is 0. The Labute approximate surface area is 188 Å². The van der Waals surface area contributed by atoms with Gasteiger partial charge in [-0.1, -0.05) is 42.1 Å². The largest absolute Gasteiger partial charge is 0.492 e. The molecule has 166 valence electrons. The van der Waals surface area contributed by atoms with E-state index in [-0.39, 0.29) is 22.1 Å². The van der Waals surface area contributed by atoms with Crippen molar-refractivity contribution in [3.63, 3.8) is 0 Å². The van der Waals surface area contributed by atoms with Gasteiger partial charge in [-0.25, -0.2) is 9.18 Å². The second-order valence-corrected chi connectivity index (χ2v) is 9.06. The van der Waals surface area contributed by atoms with Gasteiger partial charge in [0.25, 0.3) is 0 Å². The predicted octanol–water partition coefficient (Wildman–Crippen LogP) is 3.25. The molecule has 1 N–H and O–H groups in total. The van der Waals surface area contributed by atoms with Crippen LogP contribution in [-0.4, -0.2) is 60.9 Å². The molecule has 9 heteroatoms. The minimum absolute atomic E-state index is 0.0135. The van der Waals surface area contributed by atoms with Crippen LogP contribution in [0.2, 0.25) is 0 Å². The van der Waals surface area contributed by atoms with Crippen LogP contribution in [-0.2, 0) is 0 Å². The number of ether oxygens (including phenoxy) is 1. The molecule has 0 saturated carbocycles. The quantitative estimate of drug-likeness (QED) is 0.647. The van der Waals surface area contributed by atoms with Crippen LogP contribution in [0.4, 0.5) is 10.1 Å². The first-order chi connectivity index (χ1) is 15.4. The topological polar surface area (TPSA) is 75.0 Å². The summed E-state index contributed by atoms with van der Waals surface area (Å²) in [5.74, 6) is -1.64. The van der Waals surface area contributed by atoms with E-state index in [0.717, 1.165) is 18.7 Å². The van der Waals surface area contributed by atoms with Gasteiger partial charge < -0.3 is 24.2 Å². The average Bonchev–Trinajstić information content (AvgIpc) is 2.76. The molecule has 5 rings (SSSR count). The van der Waals surface area contributed by atoms with Gasteiger partial charge in [0.1, 0.15) is 16.6 Å². The lowest BCUT2D eigenvalue weighted by atomic mass is 10.1. The number of pyridine rings is 1. The number of hydrogen-bond donors (Lipinski definition) is 1. The fourth-order valence-corrected chi connectivity index (χ4v) is 5.73. The zero-order valence-electron chi connectivity index (χ0n) is 17.7. The summed E-state index contributed by atoms with van der Waals surface area (Å²) in [5, 5.41) is 9.87. The molecule has 32 heavy (non-hydrogen) atoms. The molecule has 0 radical (unpaired) electrons. The number of anilines is 1. The van der Waals surface area contributed by atoms with Gasteiger partial charge in [0.2, 0.25) is 5.43 Å². The van der Waals surface area contributed by atoms with Gasteiger partial charge in [-0.2, -0.15) is 0 Å². The second kappa shape index (κ2) is 7.83. The molecule has 0 bridgehead atoms. The lowest BCUT2D eigenvalue weighted by molar-refractivity contribution is 0.0689. The van der Waals surface area contributed by atoms with E-state index in [1.165, 1.54) is 24.9 Å². The molecule has 1 fully saturated rings. The number of aromatic nitrogens is 1. The fourth-order valence-electron chi connectivity index (χ4n) is 4.46. The summed E-state index contributed by atoms with van der Waals surface area (Å²) in [6.45, 7) is 2.80. The summed E-state index contributed by atoms with van der Waals surface area (Å²) in [5.41, 5.74) is 0.677. The molecule has 2 aromatic carbocycles. The van der Waals surface area contributed by atoms with Crippen LogP contribution < -0.4 is 15.1 Å². The first-order valence-electron chi connectivity index (χ1n) is 10.3. The highest BCUT2D eigenvalue weighted by molar-refractivity contribution is 8.00. The van der Waals surface area contributed by atoms with Crippen molar-refractivity contribution in [2.45, 2.75) is 10.4 Å². The van der Waals surface area contributed by atoms with Crippen LogP contribution in [0.1, 0.15) is 21.3 Å². The Morgan fingerprint density at radius 1 is 1.19 bits per heavy atom. The summed E-state index contributed by atoms with van der Waals surface area (Å²) in [4.78, 5) is 29.2. The number of piperazine rings is 1. The van der Waals surface area contributed by atoms with Gasteiger partial charge in [0.15, 0.2) is 11.6 Å². The normalized spacial score (nSPS) is 18.3. The molecule has 1 saturated heterocycles. The standard InChI is InChI=1S/C23H22FN3O4S/c1-25-8-10-26(11-9-25)18-15(24)12-14-17(20(18)31-2)27-21(13-6-4-3-5-7-13)32-22(27)16(19(14)28)23(29)30/h3-7,12,21H,8-11H2,1-2H3,(H,29,30). The third-order valence-corrected chi connectivity index (χ3v) is 7.44. The monoisotopic (exact) mass is 455 g/mol. The number of benzene rings is 2. The third kappa shape index (κ3) is 3.07. The zero-order valence-corrected chi connectivity index (χ0v) is 18.5. The van der Waals surface area contributed by atoms with E-state index in [0.29, 0.717) is 29.3 Å². The SMILES string of the molecule is COc1c(N2CCN(C)CC2)c(F)cc2c(=O)c(C(=O)O)c3n(c12)C(c1ccccc1)S3. The van der Waals surface area contributed by atoms with Gasteiger partial charge in [0.05, 0.1) is 23.0 Å². The lowest BCUT2D eigenvalue weighted by Crippen LogP contribution is -2.45. The van der Waals surface area contributed by atoms with E-state index in [9.17, 15) is 14.7 Å². The van der Waals surface area contributed by atoms with E-state index >= 15 is 4.39 Å². The van der Waals surface area contributed by atoms with Crippen molar-refractivity contribution in [3.8, 4) is 5.75 Å². The summed E-state index contributed by atoms with van der Waals surface area (Å²) in [6, 6.07) is 10.8. The number of carboxylic acid groups (broad SMARTS) is 1. The summed E-state index contributed by atoms with van der Waals surface area (Å²) in [7, 11) is 3.47. The number of halogens is 1. The molecule has 2 aliphatic heterocycles. The smallest absolute Gasteiger partial charge is 0.342 e. The van der Waals surface area contributed by atoms with Gasteiger partial charge >= 0.3 is 5.97 Å². The maximum Gasteiger partial charge on any atom is 0.342 e. The molecule has 2 aliphatic rings. The number of fused-ring (bicyclic) bond motifs is 3. The van der Waals surface area contributed by atoms with Crippen molar-refractivity contribution in [2.24, 2.45) is 0 Å². The van der Waals surface area contributed by atoms with Crippen LogP contribution in [0, 0.1) is 5.82 Å². The Balaban J connectivity index is 1.82. The molecule has 0 aliphatic carbocycles. The van der Waals surface area contributed by atoms with Crippen molar-refractivity contribution in [3.05, 3.63) is 63.6 Å². The van der Waals surface area contributed by atoms with Crippen molar-refractivity contribution < 1.29 is 19.0 Å². The molecule has 3 heterocycles. The van der Waals surface area contributed by atoms with E-state index in [1.807, 2.05) is 42.3 Å². The van der Waals surface area contributed by atoms with E-state index in [2.05, 4.69) is 4.90 Å². The van der Waals surface area contributed by atoms with Crippen LogP contribution in [0.25, 0.3) is 10.9 Å². The number of methoxy groups -OCH3 is 1. The maximum absolute atomic E-state index is 15.4. The Morgan fingerprint density at radius 3 is 2.50 bits per heavy atom. The number of hydrogen-bond acceptors (Lipinski definition) is 6. The molecule has 0 spiro atoms. The van der Waals surface area contributed by atoms with Crippen LogP contribution in [0.5, 0.6) is 5.75 Å². The minimum Gasteiger partial charge on any atom is -0.492 e. The minimum atomic E-state index is -1.32. The molecular weight excluding hydrogens is 433 g/mol. The van der Waals surface area contributed by atoms with Crippen molar-refractivity contribution in [1.29, 1.82) is 0 Å². The Bertz CT molecular complexity index is 1290. The maximum atomic E-state index is 15.4. The highest BCUT2D eigenvalue weighted by atomic mass is 32.2. The van der Waals surface area contributed by atoms with Crippen molar-refractivity contribution in [2.75, 3.05) is 45.2 Å². The van der Waals surface area contributed by atoms with Gasteiger partial charge in [-0.15, -0.1) is 0 Å². The highest BCUT2D eigenvalue weighted by Gasteiger charge is 2.38. The molecule has 7 nitrogen and oxygen atoms in total. The number of aromatic carboxylic acids is 1. The van der Waals surface area contributed by atoms with Gasteiger partial charge in [0, 0.05) is 26.2 Å². The Morgan fingerprint density at radius 2 is 1.88 bits per heavy atom. The summed E-state index contributed by atoms with van der Waals surface area (Å²) >= 11 is 1.31. The lowest BCUT2D eigenvalue weighted by Gasteiger charge is -2.38. The fraction of sp³-hybridized carbons (Fsp3) is 0.304. The van der Waals surface area contributed by atoms with Gasteiger partial charge in [-0.3, -0.25) is 4.79 Å². The number of rotatable bonds is 4. The van der Waals surface area contributed by atoms with Crippen LogP contribution in [0.15, 0.2) is 46.2 Å². The number of carbonyl (C=O) groups is 1. The Kier molecular flexibility index (Phi) is 5.10. The highest BCUT2D eigenvalue weighted by Crippen LogP contribution is 2.52. The molecular formula is C23H22FN3O4S. The molecule has 1 atom stereocenters. The first-order valence-corrected chi connectivity index (χ1v) is 11.2. The molecule has 1 aromatic heterocycles. The average molecular weight is 456 g/mol. The van der Waals surface area contributed by atoms with E-state index in [1.54, 1.807) is 4.57 Å². The van der Waals surface area contributed by atoms with Crippen molar-refractivity contribution in [1.82, 2.24) is 9.47 Å². The molecule has 0 amide bonds. The van der Waals surface area contributed by atoms with Gasteiger partial charge in [-0.05, 0) is 18.7 Å². The number of nitrogens with zero attached hydrogens (tertiary/aromatic N) is 3. The first kappa shape index (κ1) is 20.8. The van der Waals surface area contributed by atoms with E-state index in [4.69, 9.17) is 4.74 Å².